The minimum atomic E-state index is -0.139. The van der Waals surface area contributed by atoms with Gasteiger partial charge in [-0.2, -0.15) is 0 Å². The van der Waals surface area contributed by atoms with Crippen molar-refractivity contribution in [1.82, 2.24) is 0 Å². The average molecular weight is 953 g/mol. The summed E-state index contributed by atoms with van der Waals surface area (Å²) in [5.41, 5.74) is 6.28. The van der Waals surface area contributed by atoms with Gasteiger partial charge in [0.25, 0.3) is 0 Å². The van der Waals surface area contributed by atoms with Gasteiger partial charge in [-0.3, -0.25) is 9.59 Å². The fraction of sp³-hybridized carbons (Fsp3) is 0.500. The normalized spacial score (nSPS) is 16.4. The summed E-state index contributed by atoms with van der Waals surface area (Å²) in [7, 11) is 0. The molecule has 4 aromatic rings. The molecule has 0 radical (unpaired) electrons. The summed E-state index contributed by atoms with van der Waals surface area (Å²) >= 11 is 0. The number of hydrogen-bond acceptors (Lipinski definition) is 6. The molecule has 4 aliphatic rings. The quantitative estimate of drug-likeness (QED) is 0.0505. The third-order valence-electron chi connectivity index (χ3n) is 14.1. The van der Waals surface area contributed by atoms with Crippen molar-refractivity contribution >= 4 is 17.1 Å². The van der Waals surface area contributed by atoms with Gasteiger partial charge in [0.15, 0.2) is 5.78 Å². The maximum absolute atomic E-state index is 11.9. The maximum Gasteiger partial charge on any atom is 0.193 e. The Kier molecular flexibility index (Phi) is 23.3. The molecule has 0 saturated heterocycles. The van der Waals surface area contributed by atoms with E-state index in [2.05, 4.69) is 0 Å². The Bertz CT molecular complexity index is 1870. The van der Waals surface area contributed by atoms with Gasteiger partial charge in [-0.05, 0) is 152 Å². The predicted molar refractivity (Wildman–Crippen MR) is 252 cm³/mol. The second-order valence-electron chi connectivity index (χ2n) is 18.6. The molecule has 8 heteroatoms. The molecular formula is C56H72Fe2O6. The zero-order valence-corrected chi connectivity index (χ0v) is 40.0. The Labute approximate surface area is 404 Å². The molecule has 4 saturated carbocycles. The van der Waals surface area contributed by atoms with E-state index in [-0.39, 0.29) is 51.4 Å². The molecule has 6 nitrogen and oxygen atoms in total. The molecule has 0 aliphatic heterocycles. The molecule has 0 unspecified atom stereocenters. The van der Waals surface area contributed by atoms with Crippen LogP contribution in [-0.4, -0.2) is 32.0 Å². The van der Waals surface area contributed by atoms with E-state index in [1.54, 1.807) is 54.1 Å². The van der Waals surface area contributed by atoms with Crippen LogP contribution in [0.25, 0.3) is 5.57 Å². The zero-order valence-electron chi connectivity index (χ0n) is 37.8. The van der Waals surface area contributed by atoms with E-state index >= 15 is 0 Å². The van der Waals surface area contributed by atoms with Gasteiger partial charge < -0.3 is 20.4 Å². The first-order valence-corrected chi connectivity index (χ1v) is 24.2. The van der Waals surface area contributed by atoms with Gasteiger partial charge in [0, 0.05) is 57.6 Å². The Morgan fingerprint density at radius 1 is 0.391 bits per heavy atom. The van der Waals surface area contributed by atoms with Crippen molar-refractivity contribution in [3.63, 3.8) is 0 Å². The van der Waals surface area contributed by atoms with Crippen LogP contribution >= 0.6 is 0 Å². The standard InChI is InChI=1S/C28H36O2.C15H26O.C13H10O3.2Fe/c29-25-17-13-23(14-18-25)28(24-15-19-26(30)20-16-24)27(22-10-4-5-11-22)12-6-3-9-21-7-1-2-8-21;16-15(14-10-4-5-11-14)12-6-3-9-13-7-1-2-8-13;14-11-5-1-9(2-6-11)13(16)10-3-7-12(15)8-4-10;;/h13-22,29-30H,1-12H2;13-14H,1-12H2;1-8,14-15H;;. The summed E-state index contributed by atoms with van der Waals surface area (Å²) in [4.78, 5) is 23.7. The van der Waals surface area contributed by atoms with Gasteiger partial charge in [-0.15, -0.1) is 0 Å². The van der Waals surface area contributed by atoms with Crippen molar-refractivity contribution in [1.29, 1.82) is 0 Å². The number of hydrogen-bond donors (Lipinski definition) is 4. The number of phenols is 4. The smallest absolute Gasteiger partial charge is 0.193 e. The van der Waals surface area contributed by atoms with Crippen LogP contribution < -0.4 is 0 Å². The van der Waals surface area contributed by atoms with Crippen LogP contribution in [0.4, 0.5) is 0 Å². The van der Waals surface area contributed by atoms with Crippen LogP contribution in [0.3, 0.4) is 0 Å². The molecule has 4 aromatic carbocycles. The summed E-state index contributed by atoms with van der Waals surface area (Å²) in [6, 6.07) is 27.5. The fourth-order valence-electron chi connectivity index (χ4n) is 10.5. The number of rotatable bonds is 16. The van der Waals surface area contributed by atoms with Crippen molar-refractivity contribution in [2.45, 2.75) is 154 Å². The molecule has 4 fully saturated rings. The second-order valence-corrected chi connectivity index (χ2v) is 18.6. The van der Waals surface area contributed by atoms with Crippen LogP contribution in [0, 0.1) is 23.7 Å². The zero-order chi connectivity index (χ0) is 43.5. The monoisotopic (exact) mass is 952 g/mol. The van der Waals surface area contributed by atoms with E-state index in [0.29, 0.717) is 40.2 Å². The van der Waals surface area contributed by atoms with Gasteiger partial charge in [0.2, 0.25) is 0 Å². The van der Waals surface area contributed by atoms with Gasteiger partial charge in [0.05, 0.1) is 0 Å². The summed E-state index contributed by atoms with van der Waals surface area (Å²) in [5.74, 6) is 4.39. The minimum absolute atomic E-state index is 0. The average Bonchev–Trinajstić information content (AvgIpc) is 4.15. The first-order chi connectivity index (χ1) is 30.2. The number of allylic oxidation sites excluding steroid dienone is 1. The third kappa shape index (κ3) is 16.9. The molecule has 4 aliphatic carbocycles. The summed E-state index contributed by atoms with van der Waals surface area (Å²) < 4.78 is 0. The molecule has 0 amide bonds. The molecule has 0 heterocycles. The Morgan fingerprint density at radius 2 is 0.703 bits per heavy atom. The van der Waals surface area contributed by atoms with Crippen LogP contribution in [0.5, 0.6) is 23.0 Å². The van der Waals surface area contributed by atoms with Gasteiger partial charge in [-0.1, -0.05) is 133 Å². The van der Waals surface area contributed by atoms with E-state index < -0.39 is 0 Å². The third-order valence-corrected chi connectivity index (χ3v) is 14.1. The number of carbonyl (C=O) groups is 2. The van der Waals surface area contributed by atoms with Crippen molar-refractivity contribution in [3.05, 3.63) is 125 Å². The topological polar surface area (TPSA) is 115 Å². The van der Waals surface area contributed by atoms with Gasteiger partial charge in [-0.25, -0.2) is 0 Å². The van der Waals surface area contributed by atoms with E-state index in [4.69, 9.17) is 10.2 Å². The number of benzene rings is 4. The largest absolute Gasteiger partial charge is 0.508 e. The first kappa shape index (κ1) is 52.8. The number of phenolic OH excluding ortho intramolecular Hbond substituents is 4. The number of ketones is 2. The minimum Gasteiger partial charge on any atom is -0.508 e. The molecule has 0 aromatic heterocycles. The number of carbonyl (C=O) groups excluding carboxylic acids is 2. The molecule has 348 valence electrons. The van der Waals surface area contributed by atoms with Crippen molar-refractivity contribution in [3.8, 4) is 23.0 Å². The predicted octanol–water partition coefficient (Wildman–Crippen LogP) is 14.7. The Morgan fingerprint density at radius 3 is 1.08 bits per heavy atom. The van der Waals surface area contributed by atoms with E-state index in [0.717, 1.165) is 31.1 Å². The van der Waals surface area contributed by atoms with Crippen LogP contribution in [0.15, 0.2) is 103 Å². The van der Waals surface area contributed by atoms with Gasteiger partial charge in [0.1, 0.15) is 28.8 Å². The van der Waals surface area contributed by atoms with Crippen LogP contribution in [0.2, 0.25) is 0 Å². The van der Waals surface area contributed by atoms with Crippen molar-refractivity contribution < 1.29 is 64.2 Å². The Hall–Kier alpha value is -3.80. The molecule has 4 N–H and O–H groups in total. The first-order valence-electron chi connectivity index (χ1n) is 24.2. The number of Topliss-reactive ketones (excluding diaryl/α,β-unsaturated/α-hetero) is 1. The summed E-state index contributed by atoms with van der Waals surface area (Å²) in [6.45, 7) is 0. The Balaban J connectivity index is 0.000000225. The maximum atomic E-state index is 11.9. The molecular weight excluding hydrogens is 880 g/mol. The molecule has 0 spiro atoms. The summed E-state index contributed by atoms with van der Waals surface area (Å²) in [5, 5.41) is 37.8. The molecule has 0 atom stereocenters. The van der Waals surface area contributed by atoms with Crippen molar-refractivity contribution in [2.75, 3.05) is 0 Å². The van der Waals surface area contributed by atoms with Crippen LogP contribution in [-0.2, 0) is 38.9 Å². The SMILES string of the molecule is O=C(CCCCC1CCCC1)C1CCCC1.O=C(c1ccc(O)cc1)c1ccc(O)cc1.Oc1ccc(C(=C(CCCCC2CCCC2)C2CCCC2)c2ccc(O)cc2)cc1.[Fe].[Fe]. The van der Waals surface area contributed by atoms with Crippen molar-refractivity contribution in [2.24, 2.45) is 23.7 Å². The molecule has 8 rings (SSSR count). The van der Waals surface area contributed by atoms with E-state index in [1.807, 2.05) is 24.3 Å². The molecule has 64 heavy (non-hydrogen) atoms. The molecule has 0 bridgehead atoms. The van der Waals surface area contributed by atoms with E-state index in [9.17, 15) is 19.8 Å². The number of unbranched alkanes of at least 4 members (excludes halogenated alkanes) is 2. The van der Waals surface area contributed by atoms with Gasteiger partial charge >= 0.3 is 0 Å². The fourth-order valence-corrected chi connectivity index (χ4v) is 10.5. The number of aromatic hydroxyl groups is 4. The second kappa shape index (κ2) is 28.3. The van der Waals surface area contributed by atoms with Crippen LogP contribution in [0.1, 0.15) is 181 Å². The van der Waals surface area contributed by atoms with E-state index in [1.165, 1.54) is 176 Å². The summed E-state index contributed by atoms with van der Waals surface area (Å²) in [6.07, 6.45) is 31.6.